The monoisotopic (exact) mass is 280 g/mol. The van der Waals surface area contributed by atoms with E-state index in [0.29, 0.717) is 12.3 Å². The number of amides is 1. The summed E-state index contributed by atoms with van der Waals surface area (Å²) in [5.74, 6) is 0.440. The van der Waals surface area contributed by atoms with Crippen LogP contribution in [0.25, 0.3) is 0 Å². The molecule has 1 heterocycles. The Balaban J connectivity index is 1.74. The first kappa shape index (κ1) is 13.7. The van der Waals surface area contributed by atoms with Gasteiger partial charge in [0, 0.05) is 5.92 Å². The minimum Gasteiger partial charge on any atom is -0.282 e. The predicted octanol–water partition coefficient (Wildman–Crippen LogP) is 3.27. The Labute approximate surface area is 125 Å². The summed E-state index contributed by atoms with van der Waals surface area (Å²) in [6.07, 6.45) is 0.403. The fraction of sp³-hybridized carbons (Fsp3) is 0.278. The van der Waals surface area contributed by atoms with E-state index in [1.165, 1.54) is 5.56 Å². The first-order valence-electron chi connectivity index (χ1n) is 7.38. The van der Waals surface area contributed by atoms with Gasteiger partial charge < -0.3 is 0 Å². The van der Waals surface area contributed by atoms with Crippen LogP contribution >= 0.6 is 0 Å². The maximum atomic E-state index is 12.3. The lowest BCUT2D eigenvalue weighted by atomic mass is 9.99. The molecule has 2 aromatic carbocycles. The van der Waals surface area contributed by atoms with E-state index in [1.807, 2.05) is 41.4 Å². The number of hydrogen-bond acceptors (Lipinski definition) is 2. The van der Waals surface area contributed by atoms with Crippen molar-refractivity contribution >= 4 is 11.6 Å². The molecule has 0 spiro atoms. The van der Waals surface area contributed by atoms with Crippen LogP contribution in [0.15, 0.2) is 54.6 Å². The molecule has 3 heteroatoms. The van der Waals surface area contributed by atoms with Crippen LogP contribution in [0.4, 0.5) is 5.69 Å². The molecule has 0 unspecified atom stereocenters. The fourth-order valence-corrected chi connectivity index (χ4v) is 2.91. The molecule has 1 amide bonds. The molecule has 0 fully saturated rings. The molecule has 1 aliphatic heterocycles. The molecule has 0 aliphatic carbocycles. The summed E-state index contributed by atoms with van der Waals surface area (Å²) in [6, 6.07) is 18.4. The lowest BCUT2D eigenvalue weighted by Gasteiger charge is -2.26. The highest BCUT2D eigenvalue weighted by Gasteiger charge is 2.33. The lowest BCUT2D eigenvalue weighted by molar-refractivity contribution is -0.120. The van der Waals surface area contributed by atoms with Gasteiger partial charge in [-0.25, -0.2) is 0 Å². The summed E-state index contributed by atoms with van der Waals surface area (Å²) in [6.45, 7) is 4.35. The van der Waals surface area contributed by atoms with Crippen molar-refractivity contribution in [2.24, 2.45) is 0 Å². The molecule has 3 nitrogen and oxygen atoms in total. The molecular formula is C18H20N2O. The molecular weight excluding hydrogens is 260 g/mol. The summed E-state index contributed by atoms with van der Waals surface area (Å²) in [4.78, 5) is 12.3. The minimum atomic E-state index is 0.0250. The van der Waals surface area contributed by atoms with Gasteiger partial charge in [0.2, 0.25) is 5.91 Å². The molecule has 0 aromatic heterocycles. The number of carbonyl (C=O) groups is 1. The zero-order valence-corrected chi connectivity index (χ0v) is 12.4. The van der Waals surface area contributed by atoms with Gasteiger partial charge in [0.25, 0.3) is 0 Å². The van der Waals surface area contributed by atoms with Crippen molar-refractivity contribution in [1.82, 2.24) is 5.43 Å². The Morgan fingerprint density at radius 3 is 2.48 bits per heavy atom. The summed E-state index contributed by atoms with van der Waals surface area (Å²) in [7, 11) is 0. The van der Waals surface area contributed by atoms with Crippen molar-refractivity contribution in [2.75, 3.05) is 5.01 Å². The zero-order chi connectivity index (χ0) is 14.8. The van der Waals surface area contributed by atoms with E-state index in [9.17, 15) is 4.79 Å². The highest BCUT2D eigenvalue weighted by atomic mass is 16.2. The molecule has 1 aliphatic rings. The van der Waals surface area contributed by atoms with E-state index in [-0.39, 0.29) is 11.9 Å². The molecule has 3 rings (SSSR count). The zero-order valence-electron chi connectivity index (χ0n) is 12.4. The first-order valence-corrected chi connectivity index (χ1v) is 7.38. The van der Waals surface area contributed by atoms with Crippen molar-refractivity contribution in [2.45, 2.75) is 32.2 Å². The maximum Gasteiger partial charge on any atom is 0.242 e. The second kappa shape index (κ2) is 5.60. The second-order valence-corrected chi connectivity index (χ2v) is 5.66. The normalized spacial score (nSPS) is 20.2. The lowest BCUT2D eigenvalue weighted by Crippen LogP contribution is -2.46. The van der Waals surface area contributed by atoms with Gasteiger partial charge in [-0.2, -0.15) is 0 Å². The third-order valence-corrected chi connectivity index (χ3v) is 4.27. The molecule has 0 saturated heterocycles. The number of nitrogens with zero attached hydrogens (tertiary/aromatic N) is 1. The Bertz CT molecular complexity index is 639. The number of carbonyl (C=O) groups excluding carboxylic acids is 1. The highest BCUT2D eigenvalue weighted by Crippen LogP contribution is 2.38. The van der Waals surface area contributed by atoms with Crippen molar-refractivity contribution in [3.8, 4) is 0 Å². The van der Waals surface area contributed by atoms with Crippen LogP contribution in [-0.4, -0.2) is 11.9 Å². The summed E-state index contributed by atoms with van der Waals surface area (Å²) < 4.78 is 0. The average Bonchev–Trinajstić information content (AvgIpc) is 2.74. The number of nitrogens with one attached hydrogen (secondary N) is 1. The quantitative estimate of drug-likeness (QED) is 0.936. The molecule has 108 valence electrons. The Hall–Kier alpha value is -2.29. The van der Waals surface area contributed by atoms with Crippen molar-refractivity contribution < 1.29 is 4.79 Å². The minimum absolute atomic E-state index is 0.0250. The van der Waals surface area contributed by atoms with E-state index in [0.717, 1.165) is 11.3 Å². The van der Waals surface area contributed by atoms with E-state index in [1.54, 1.807) is 0 Å². The van der Waals surface area contributed by atoms with Gasteiger partial charge in [0.1, 0.15) is 0 Å². The van der Waals surface area contributed by atoms with Gasteiger partial charge in [-0.05, 0) is 24.1 Å². The van der Waals surface area contributed by atoms with Gasteiger partial charge >= 0.3 is 0 Å². The number of rotatable bonds is 3. The molecule has 1 N–H and O–H groups in total. The van der Waals surface area contributed by atoms with Crippen molar-refractivity contribution in [1.29, 1.82) is 0 Å². The van der Waals surface area contributed by atoms with Crippen LogP contribution < -0.4 is 10.4 Å². The number of para-hydroxylation sites is 1. The molecule has 0 saturated carbocycles. The molecule has 2 atom stereocenters. The molecule has 0 bridgehead atoms. The van der Waals surface area contributed by atoms with Crippen LogP contribution in [-0.2, 0) is 11.2 Å². The Kier molecular flexibility index (Phi) is 3.65. The largest absolute Gasteiger partial charge is 0.282 e. The van der Waals surface area contributed by atoms with Crippen LogP contribution in [0.1, 0.15) is 30.9 Å². The third-order valence-electron chi connectivity index (χ3n) is 4.27. The van der Waals surface area contributed by atoms with E-state index < -0.39 is 0 Å². The van der Waals surface area contributed by atoms with E-state index in [2.05, 4.69) is 37.5 Å². The van der Waals surface area contributed by atoms with Gasteiger partial charge in [-0.15, -0.1) is 0 Å². The fourth-order valence-electron chi connectivity index (χ4n) is 2.91. The molecule has 2 aromatic rings. The second-order valence-electron chi connectivity index (χ2n) is 5.66. The van der Waals surface area contributed by atoms with Crippen molar-refractivity contribution in [3.63, 3.8) is 0 Å². The van der Waals surface area contributed by atoms with E-state index >= 15 is 0 Å². The first-order chi connectivity index (χ1) is 10.2. The number of hydrogen-bond donors (Lipinski definition) is 1. The Morgan fingerprint density at radius 2 is 1.71 bits per heavy atom. The van der Waals surface area contributed by atoms with Gasteiger partial charge in [0.05, 0.1) is 18.2 Å². The smallest absolute Gasteiger partial charge is 0.242 e. The predicted molar refractivity (Wildman–Crippen MR) is 85.1 cm³/mol. The number of anilines is 1. The SMILES string of the molecule is C[C@@H]1c2ccccc2N(NC(=O)Cc2ccccc2)[C@@H]1C. The molecule has 0 radical (unpaired) electrons. The number of fused-ring (bicyclic) bond motifs is 1. The van der Waals surface area contributed by atoms with Crippen LogP contribution in [0.5, 0.6) is 0 Å². The highest BCUT2D eigenvalue weighted by molar-refractivity contribution is 5.81. The van der Waals surface area contributed by atoms with Crippen LogP contribution in [0.3, 0.4) is 0 Å². The average molecular weight is 280 g/mol. The van der Waals surface area contributed by atoms with E-state index in [4.69, 9.17) is 0 Å². The van der Waals surface area contributed by atoms with Gasteiger partial charge in [0.15, 0.2) is 0 Å². The van der Waals surface area contributed by atoms with Crippen LogP contribution in [0.2, 0.25) is 0 Å². The van der Waals surface area contributed by atoms with Gasteiger partial charge in [-0.1, -0.05) is 55.5 Å². The Morgan fingerprint density at radius 1 is 1.05 bits per heavy atom. The summed E-state index contributed by atoms with van der Waals surface area (Å²) >= 11 is 0. The van der Waals surface area contributed by atoms with Crippen molar-refractivity contribution in [3.05, 3.63) is 65.7 Å². The number of hydrazine groups is 1. The number of benzene rings is 2. The topological polar surface area (TPSA) is 32.3 Å². The summed E-state index contributed by atoms with van der Waals surface area (Å²) in [5, 5.41) is 2.01. The standard InChI is InChI=1S/C18H20N2O/c1-13-14(2)20(17-11-7-6-10-16(13)17)19-18(21)12-15-8-4-3-5-9-15/h3-11,13-14H,12H2,1-2H3,(H,19,21)/t13-,14+/m0/s1. The van der Waals surface area contributed by atoms with Gasteiger partial charge in [-0.3, -0.25) is 15.2 Å². The van der Waals surface area contributed by atoms with Crippen LogP contribution in [0, 0.1) is 0 Å². The maximum absolute atomic E-state index is 12.3. The summed E-state index contributed by atoms with van der Waals surface area (Å²) in [5.41, 5.74) is 6.50. The third kappa shape index (κ3) is 2.64. The molecule has 21 heavy (non-hydrogen) atoms.